The van der Waals surface area contributed by atoms with E-state index < -0.39 is 0 Å². The third-order valence-corrected chi connectivity index (χ3v) is 5.91. The van der Waals surface area contributed by atoms with Gasteiger partial charge in [-0.15, -0.1) is 11.3 Å². The summed E-state index contributed by atoms with van der Waals surface area (Å²) in [6.45, 7) is 2.12. The number of fused-ring (bicyclic) bond motifs is 1. The fourth-order valence-electron chi connectivity index (χ4n) is 2.96. The van der Waals surface area contributed by atoms with Gasteiger partial charge in [0.1, 0.15) is 5.82 Å². The van der Waals surface area contributed by atoms with Crippen molar-refractivity contribution < 1.29 is 4.39 Å². The van der Waals surface area contributed by atoms with Crippen LogP contribution in [0.3, 0.4) is 0 Å². The molecule has 4 heteroatoms. The molecule has 0 radical (unpaired) electrons. The molecule has 3 aromatic rings. The van der Waals surface area contributed by atoms with Crippen molar-refractivity contribution in [2.75, 3.05) is 0 Å². The van der Waals surface area contributed by atoms with Crippen LogP contribution >= 0.6 is 27.3 Å². The van der Waals surface area contributed by atoms with Gasteiger partial charge in [-0.25, -0.2) is 4.39 Å². The second-order valence-corrected chi connectivity index (χ2v) is 7.30. The van der Waals surface area contributed by atoms with Crippen LogP contribution in [0, 0.1) is 12.7 Å². The van der Waals surface area contributed by atoms with Crippen LogP contribution in [-0.2, 0) is 5.33 Å². The van der Waals surface area contributed by atoms with Gasteiger partial charge in [-0.1, -0.05) is 28.1 Å². The molecule has 0 aliphatic heterocycles. The molecule has 1 nitrogen and oxygen atoms in total. The Kier molecular flexibility index (Phi) is 3.54. The van der Waals surface area contributed by atoms with E-state index in [1.54, 1.807) is 11.3 Å². The monoisotopic (exact) mass is 375 g/mol. The van der Waals surface area contributed by atoms with Crippen molar-refractivity contribution in [3.8, 4) is 11.1 Å². The third-order valence-electron chi connectivity index (χ3n) is 4.24. The molecule has 0 bridgehead atoms. The average molecular weight is 376 g/mol. The normalized spacial score (nSPS) is 14.7. The Bertz CT molecular complexity index is 850. The first-order valence-corrected chi connectivity index (χ1v) is 9.41. The fourth-order valence-corrected chi connectivity index (χ4v) is 4.61. The summed E-state index contributed by atoms with van der Waals surface area (Å²) < 4.78 is 14.5. The van der Waals surface area contributed by atoms with E-state index in [0.29, 0.717) is 5.92 Å². The number of benzene rings is 1. The van der Waals surface area contributed by atoms with Gasteiger partial charge in [-0.05, 0) is 54.0 Å². The van der Waals surface area contributed by atoms with Crippen molar-refractivity contribution in [1.29, 1.82) is 0 Å². The van der Waals surface area contributed by atoms with Gasteiger partial charge in [0, 0.05) is 22.5 Å². The zero-order valence-corrected chi connectivity index (χ0v) is 14.6. The molecule has 0 saturated heterocycles. The number of alkyl halides is 1. The molecule has 2 heterocycles. The average Bonchev–Trinajstić information content (AvgIpc) is 3.31. The van der Waals surface area contributed by atoms with Crippen LogP contribution in [0.15, 0.2) is 29.6 Å². The number of pyridine rings is 1. The van der Waals surface area contributed by atoms with Gasteiger partial charge in [0.15, 0.2) is 0 Å². The van der Waals surface area contributed by atoms with Crippen LogP contribution in [0.5, 0.6) is 0 Å². The Morgan fingerprint density at radius 2 is 2.00 bits per heavy atom. The molecule has 112 valence electrons. The van der Waals surface area contributed by atoms with Crippen LogP contribution in [-0.4, -0.2) is 4.98 Å². The first-order valence-electron chi connectivity index (χ1n) is 7.41. The molecule has 0 spiro atoms. The van der Waals surface area contributed by atoms with E-state index in [0.717, 1.165) is 16.4 Å². The van der Waals surface area contributed by atoms with E-state index in [1.165, 1.54) is 52.1 Å². The Balaban J connectivity index is 2.07. The van der Waals surface area contributed by atoms with E-state index in [1.807, 2.05) is 12.1 Å². The van der Waals surface area contributed by atoms with Crippen LogP contribution in [0.4, 0.5) is 4.39 Å². The Morgan fingerprint density at radius 1 is 1.27 bits per heavy atom. The first kappa shape index (κ1) is 14.3. The summed E-state index contributed by atoms with van der Waals surface area (Å²) in [7, 11) is 0. The maximum atomic E-state index is 13.3. The van der Waals surface area contributed by atoms with Gasteiger partial charge in [-0.3, -0.25) is 4.98 Å². The zero-order chi connectivity index (χ0) is 15.3. The van der Waals surface area contributed by atoms with Gasteiger partial charge < -0.3 is 0 Å². The SMILES string of the molecule is Cc1csc2c(-c3ccc(F)cc3)c(CBr)c(C3CC3)nc12. The van der Waals surface area contributed by atoms with Crippen molar-refractivity contribution in [3.63, 3.8) is 0 Å². The number of nitrogens with zero attached hydrogens (tertiary/aromatic N) is 1. The maximum absolute atomic E-state index is 13.3. The molecule has 1 saturated carbocycles. The molecule has 4 rings (SSSR count). The fraction of sp³-hybridized carbons (Fsp3) is 0.278. The van der Waals surface area contributed by atoms with Gasteiger partial charge in [0.25, 0.3) is 0 Å². The summed E-state index contributed by atoms with van der Waals surface area (Å²) in [5.41, 5.74) is 7.13. The number of hydrogen-bond acceptors (Lipinski definition) is 2. The molecule has 2 aromatic heterocycles. The quantitative estimate of drug-likeness (QED) is 0.497. The Labute approximate surface area is 141 Å². The van der Waals surface area contributed by atoms with Gasteiger partial charge in [-0.2, -0.15) is 0 Å². The third kappa shape index (κ3) is 2.29. The summed E-state index contributed by atoms with van der Waals surface area (Å²) in [6.07, 6.45) is 2.45. The van der Waals surface area contributed by atoms with Crippen molar-refractivity contribution in [1.82, 2.24) is 4.98 Å². The molecular formula is C18H15BrFNS. The first-order chi connectivity index (χ1) is 10.7. The molecule has 0 atom stereocenters. The number of aromatic nitrogens is 1. The lowest BCUT2D eigenvalue weighted by Crippen LogP contribution is -1.99. The highest BCUT2D eigenvalue weighted by molar-refractivity contribution is 9.08. The predicted molar refractivity (Wildman–Crippen MR) is 94.4 cm³/mol. The molecule has 0 unspecified atom stereocenters. The summed E-state index contributed by atoms with van der Waals surface area (Å²) >= 11 is 5.38. The van der Waals surface area contributed by atoms with Gasteiger partial charge in [0.2, 0.25) is 0 Å². The van der Waals surface area contributed by atoms with E-state index in [9.17, 15) is 4.39 Å². The van der Waals surface area contributed by atoms with Crippen LogP contribution in [0.2, 0.25) is 0 Å². The summed E-state index contributed by atoms with van der Waals surface area (Å²) in [5.74, 6) is 0.398. The number of halogens is 2. The molecule has 1 fully saturated rings. The number of thiophene rings is 1. The molecule has 22 heavy (non-hydrogen) atoms. The zero-order valence-electron chi connectivity index (χ0n) is 12.2. The van der Waals surface area contributed by atoms with Crippen LogP contribution in [0.25, 0.3) is 21.3 Å². The molecule has 1 aromatic carbocycles. The predicted octanol–water partition coefficient (Wildman–Crippen LogP) is 6.18. The highest BCUT2D eigenvalue weighted by atomic mass is 79.9. The molecule has 0 N–H and O–H groups in total. The van der Waals surface area contributed by atoms with E-state index in [2.05, 4.69) is 28.2 Å². The highest BCUT2D eigenvalue weighted by Crippen LogP contribution is 2.46. The van der Waals surface area contributed by atoms with Crippen LogP contribution in [0.1, 0.15) is 35.6 Å². The number of rotatable bonds is 3. The Hall–Kier alpha value is -1.26. The second-order valence-electron chi connectivity index (χ2n) is 5.86. The summed E-state index contributed by atoms with van der Waals surface area (Å²) in [4.78, 5) is 4.98. The standard InChI is InChI=1S/C18H15BrFNS/c1-10-9-22-18-15(11-4-6-13(20)7-5-11)14(8-19)17(12-2-3-12)21-16(10)18/h4-7,9,12H,2-3,8H2,1H3. The highest BCUT2D eigenvalue weighted by Gasteiger charge is 2.30. The second kappa shape index (κ2) is 5.43. The van der Waals surface area contributed by atoms with Crippen molar-refractivity contribution in [2.45, 2.75) is 31.0 Å². The minimum Gasteiger partial charge on any atom is -0.251 e. The van der Waals surface area contributed by atoms with Crippen molar-refractivity contribution >= 4 is 37.5 Å². The molecular weight excluding hydrogens is 361 g/mol. The lowest BCUT2D eigenvalue weighted by molar-refractivity contribution is 0.628. The van der Waals surface area contributed by atoms with Crippen LogP contribution < -0.4 is 0 Å². The lowest BCUT2D eigenvalue weighted by Gasteiger charge is -2.14. The topological polar surface area (TPSA) is 12.9 Å². The minimum absolute atomic E-state index is 0.195. The number of aryl methyl sites for hydroxylation is 1. The summed E-state index contributed by atoms with van der Waals surface area (Å²) in [6, 6.07) is 6.83. The molecule has 1 aliphatic carbocycles. The number of hydrogen-bond donors (Lipinski definition) is 0. The largest absolute Gasteiger partial charge is 0.251 e. The lowest BCUT2D eigenvalue weighted by atomic mass is 9.97. The molecule has 0 amide bonds. The van der Waals surface area contributed by atoms with E-state index >= 15 is 0 Å². The van der Waals surface area contributed by atoms with Crippen molar-refractivity contribution in [3.05, 3.63) is 52.3 Å². The Morgan fingerprint density at radius 3 is 2.64 bits per heavy atom. The van der Waals surface area contributed by atoms with Gasteiger partial charge in [0.05, 0.1) is 10.2 Å². The van der Waals surface area contributed by atoms with E-state index in [4.69, 9.17) is 4.98 Å². The van der Waals surface area contributed by atoms with Crippen molar-refractivity contribution in [2.24, 2.45) is 0 Å². The van der Waals surface area contributed by atoms with E-state index in [-0.39, 0.29) is 5.82 Å². The minimum atomic E-state index is -0.195. The van der Waals surface area contributed by atoms with Gasteiger partial charge >= 0.3 is 0 Å². The molecule has 1 aliphatic rings. The summed E-state index contributed by atoms with van der Waals surface area (Å²) in [5, 5.41) is 2.95. The maximum Gasteiger partial charge on any atom is 0.123 e. The smallest absolute Gasteiger partial charge is 0.123 e.